The molecule has 0 radical (unpaired) electrons. The van der Waals surface area contributed by atoms with Crippen molar-refractivity contribution in [3.8, 4) is 0 Å². The maximum atomic E-state index is 11.9. The van der Waals surface area contributed by atoms with Crippen LogP contribution in [0.3, 0.4) is 0 Å². The summed E-state index contributed by atoms with van der Waals surface area (Å²) in [5.74, 6) is 0.595. The molecule has 86 valence electrons. The molecule has 0 aliphatic heterocycles. The van der Waals surface area contributed by atoms with E-state index in [1.165, 1.54) is 15.6 Å². The van der Waals surface area contributed by atoms with Crippen LogP contribution in [-0.2, 0) is 13.6 Å². The molecule has 16 heavy (non-hydrogen) atoms. The molecular weight excluding hydrogens is 230 g/mol. The molecular formula is C9H12ClN5O. The van der Waals surface area contributed by atoms with Gasteiger partial charge in [-0.05, 0) is 12.8 Å². The number of halogens is 1. The summed E-state index contributed by atoms with van der Waals surface area (Å²) in [6.07, 6.45) is 3.20. The van der Waals surface area contributed by atoms with E-state index in [0.29, 0.717) is 23.5 Å². The van der Waals surface area contributed by atoms with E-state index in [1.807, 2.05) is 0 Å². The van der Waals surface area contributed by atoms with Crippen LogP contribution in [-0.4, -0.2) is 30.7 Å². The molecule has 0 aliphatic carbocycles. The van der Waals surface area contributed by atoms with Crippen LogP contribution in [0, 0.1) is 0 Å². The van der Waals surface area contributed by atoms with Crippen molar-refractivity contribution in [3.05, 3.63) is 16.6 Å². The number of aromatic nitrogens is 5. The minimum absolute atomic E-state index is 0.146. The summed E-state index contributed by atoms with van der Waals surface area (Å²) in [4.78, 5) is 11.9. The number of unbranched alkanes of at least 4 members (excludes halogenated alkanes) is 1. The highest BCUT2D eigenvalue weighted by atomic mass is 35.5. The largest absolute Gasteiger partial charge is 0.280 e. The van der Waals surface area contributed by atoms with Crippen molar-refractivity contribution in [2.75, 3.05) is 5.88 Å². The number of aryl methyl sites for hydroxylation is 2. The normalized spacial score (nSPS) is 11.1. The minimum Gasteiger partial charge on any atom is -0.267 e. The van der Waals surface area contributed by atoms with Crippen LogP contribution in [0.1, 0.15) is 12.8 Å². The van der Waals surface area contributed by atoms with Crippen LogP contribution in [0.5, 0.6) is 0 Å². The van der Waals surface area contributed by atoms with Crippen molar-refractivity contribution < 1.29 is 0 Å². The van der Waals surface area contributed by atoms with E-state index in [9.17, 15) is 4.79 Å². The Morgan fingerprint density at radius 2 is 2.25 bits per heavy atom. The smallest absolute Gasteiger partial charge is 0.267 e. The number of hydrogen-bond donors (Lipinski definition) is 0. The molecule has 2 heterocycles. The molecule has 0 aromatic carbocycles. The van der Waals surface area contributed by atoms with Gasteiger partial charge in [-0.25, -0.2) is 9.36 Å². The van der Waals surface area contributed by atoms with Gasteiger partial charge in [0, 0.05) is 19.5 Å². The van der Waals surface area contributed by atoms with E-state index in [1.54, 1.807) is 7.05 Å². The fraction of sp³-hybridized carbons (Fsp3) is 0.556. The van der Waals surface area contributed by atoms with Crippen molar-refractivity contribution in [3.63, 3.8) is 0 Å². The Labute approximate surface area is 96.8 Å². The number of alkyl halides is 1. The molecule has 0 aliphatic rings. The predicted octanol–water partition coefficient (Wildman–Crippen LogP) is 0.544. The van der Waals surface area contributed by atoms with Gasteiger partial charge in [-0.3, -0.25) is 4.79 Å². The van der Waals surface area contributed by atoms with Gasteiger partial charge < -0.3 is 0 Å². The molecule has 0 unspecified atom stereocenters. The molecule has 2 aromatic rings. The van der Waals surface area contributed by atoms with E-state index in [2.05, 4.69) is 15.4 Å². The predicted molar refractivity (Wildman–Crippen MR) is 60.5 cm³/mol. The van der Waals surface area contributed by atoms with Gasteiger partial charge in [0.2, 0.25) is 0 Å². The number of nitrogens with zero attached hydrogens (tertiary/aromatic N) is 5. The zero-order chi connectivity index (χ0) is 11.5. The lowest BCUT2D eigenvalue weighted by atomic mass is 10.3. The molecule has 0 bridgehead atoms. The molecule has 6 nitrogen and oxygen atoms in total. The molecule has 0 N–H and O–H groups in total. The van der Waals surface area contributed by atoms with Crippen molar-refractivity contribution in [1.29, 1.82) is 0 Å². The minimum atomic E-state index is -0.146. The Kier molecular flexibility index (Phi) is 3.19. The first-order valence-corrected chi connectivity index (χ1v) is 5.59. The highest BCUT2D eigenvalue weighted by Gasteiger charge is 2.08. The number of fused-ring (bicyclic) bond motifs is 1. The lowest BCUT2D eigenvalue weighted by Crippen LogP contribution is -2.24. The second kappa shape index (κ2) is 4.61. The zero-order valence-corrected chi connectivity index (χ0v) is 9.68. The standard InChI is InChI=1S/C9H12ClN5O/c1-14-8-7(6-11-14)9(16)15(13-12-8)5-3-2-4-10/h6H,2-5H2,1H3. The van der Waals surface area contributed by atoms with E-state index in [-0.39, 0.29) is 5.56 Å². The van der Waals surface area contributed by atoms with Crippen LogP contribution in [0.4, 0.5) is 0 Å². The van der Waals surface area contributed by atoms with E-state index in [0.717, 1.165) is 12.8 Å². The summed E-state index contributed by atoms with van der Waals surface area (Å²) in [6.45, 7) is 0.545. The first-order chi connectivity index (χ1) is 7.74. The molecule has 0 saturated heterocycles. The third-order valence-electron chi connectivity index (χ3n) is 2.37. The number of rotatable bonds is 4. The second-order valence-electron chi connectivity index (χ2n) is 3.52. The van der Waals surface area contributed by atoms with E-state index in [4.69, 9.17) is 11.6 Å². The third-order valence-corrected chi connectivity index (χ3v) is 2.64. The molecule has 0 fully saturated rings. The van der Waals surface area contributed by atoms with Crippen LogP contribution in [0.15, 0.2) is 11.0 Å². The monoisotopic (exact) mass is 241 g/mol. The van der Waals surface area contributed by atoms with Gasteiger partial charge in [-0.2, -0.15) is 5.10 Å². The molecule has 0 spiro atoms. The SMILES string of the molecule is Cn1ncc2c(=O)n(CCCCCl)nnc21. The Bertz CT molecular complexity index is 546. The summed E-state index contributed by atoms with van der Waals surface area (Å²) < 4.78 is 2.89. The summed E-state index contributed by atoms with van der Waals surface area (Å²) in [6, 6.07) is 0. The summed E-state index contributed by atoms with van der Waals surface area (Å²) >= 11 is 5.57. The van der Waals surface area contributed by atoms with E-state index >= 15 is 0 Å². The van der Waals surface area contributed by atoms with Gasteiger partial charge in [-0.1, -0.05) is 5.21 Å². The topological polar surface area (TPSA) is 65.6 Å². The molecule has 0 amide bonds. The summed E-state index contributed by atoms with van der Waals surface area (Å²) in [5, 5.41) is 12.3. The fourth-order valence-electron chi connectivity index (χ4n) is 1.48. The van der Waals surface area contributed by atoms with Gasteiger partial charge in [0.1, 0.15) is 5.39 Å². The average Bonchev–Trinajstić information content (AvgIpc) is 2.65. The highest BCUT2D eigenvalue weighted by molar-refractivity contribution is 6.17. The van der Waals surface area contributed by atoms with Gasteiger partial charge in [0.15, 0.2) is 5.65 Å². The van der Waals surface area contributed by atoms with Crippen LogP contribution in [0.2, 0.25) is 0 Å². The lowest BCUT2D eigenvalue weighted by molar-refractivity contribution is 0.519. The van der Waals surface area contributed by atoms with Crippen LogP contribution < -0.4 is 5.56 Å². The molecule has 7 heteroatoms. The quantitative estimate of drug-likeness (QED) is 0.579. The Balaban J connectivity index is 2.34. The summed E-state index contributed by atoms with van der Waals surface area (Å²) in [5.41, 5.74) is 0.367. The maximum absolute atomic E-state index is 11.9. The van der Waals surface area contributed by atoms with Gasteiger partial charge in [0.25, 0.3) is 5.56 Å². The maximum Gasteiger partial charge on any atom is 0.280 e. The van der Waals surface area contributed by atoms with Crippen molar-refractivity contribution in [2.45, 2.75) is 19.4 Å². The van der Waals surface area contributed by atoms with Crippen LogP contribution in [0.25, 0.3) is 11.0 Å². The van der Waals surface area contributed by atoms with E-state index < -0.39 is 0 Å². The second-order valence-corrected chi connectivity index (χ2v) is 3.90. The molecule has 0 atom stereocenters. The Morgan fingerprint density at radius 1 is 1.44 bits per heavy atom. The zero-order valence-electron chi connectivity index (χ0n) is 8.93. The molecule has 2 aromatic heterocycles. The lowest BCUT2D eigenvalue weighted by Gasteiger charge is -2.01. The summed E-state index contributed by atoms with van der Waals surface area (Å²) in [7, 11) is 1.73. The molecule has 0 saturated carbocycles. The van der Waals surface area contributed by atoms with Gasteiger partial charge in [0.05, 0.1) is 6.20 Å². The van der Waals surface area contributed by atoms with Crippen LogP contribution >= 0.6 is 11.6 Å². The fourth-order valence-corrected chi connectivity index (χ4v) is 1.67. The van der Waals surface area contributed by atoms with Crippen molar-refractivity contribution >= 4 is 22.6 Å². The van der Waals surface area contributed by atoms with Crippen molar-refractivity contribution in [2.24, 2.45) is 7.05 Å². The average molecular weight is 242 g/mol. The first kappa shape index (κ1) is 11.1. The number of hydrogen-bond acceptors (Lipinski definition) is 4. The van der Waals surface area contributed by atoms with Crippen molar-refractivity contribution in [1.82, 2.24) is 24.8 Å². The first-order valence-electron chi connectivity index (χ1n) is 5.05. The third kappa shape index (κ3) is 1.92. The Hall–Kier alpha value is -1.43. The van der Waals surface area contributed by atoms with Gasteiger partial charge in [-0.15, -0.1) is 16.7 Å². The van der Waals surface area contributed by atoms with Gasteiger partial charge >= 0.3 is 0 Å². The highest BCUT2D eigenvalue weighted by Crippen LogP contribution is 2.02. The molecule has 2 rings (SSSR count). The Morgan fingerprint density at radius 3 is 3.00 bits per heavy atom.